The summed E-state index contributed by atoms with van der Waals surface area (Å²) in [6.45, 7) is 1.10. The molecule has 2 rings (SSSR count). The lowest BCUT2D eigenvalue weighted by molar-refractivity contribution is 0.106. The molecule has 112 valence electrons. The van der Waals surface area contributed by atoms with Crippen LogP contribution in [0.3, 0.4) is 0 Å². The number of hydrogen-bond acceptors (Lipinski definition) is 3. The molecule has 3 nitrogen and oxygen atoms in total. The maximum atomic E-state index is 12.7. The first-order valence-corrected chi connectivity index (χ1v) is 7.03. The minimum Gasteiger partial charge on any atom is -0.491 e. The summed E-state index contributed by atoms with van der Waals surface area (Å²) in [7, 11) is 0. The van der Waals surface area contributed by atoms with Crippen molar-refractivity contribution < 1.29 is 14.2 Å². The Morgan fingerprint density at radius 3 is 2.57 bits per heavy atom. The van der Waals surface area contributed by atoms with Crippen LogP contribution in [0.4, 0.5) is 4.39 Å². The number of benzene rings is 2. The van der Waals surface area contributed by atoms with Gasteiger partial charge in [-0.3, -0.25) is 0 Å². The van der Waals surface area contributed by atoms with Crippen molar-refractivity contribution in [2.45, 2.75) is 12.6 Å². The average molecular weight is 310 g/mol. The molecular weight excluding hydrogens is 293 g/mol. The van der Waals surface area contributed by atoms with Gasteiger partial charge in [0.05, 0.1) is 0 Å². The Hall–Kier alpha value is -1.62. The molecule has 21 heavy (non-hydrogen) atoms. The maximum absolute atomic E-state index is 12.7. The minimum absolute atomic E-state index is 0.140. The summed E-state index contributed by atoms with van der Waals surface area (Å²) in [5.74, 6) is 0.214. The van der Waals surface area contributed by atoms with Gasteiger partial charge < -0.3 is 15.2 Å². The normalized spacial score (nSPS) is 12.1. The number of ether oxygens (including phenoxy) is 1. The molecule has 1 atom stereocenters. The Bertz CT molecular complexity index is 562. The third-order valence-corrected chi connectivity index (χ3v) is 3.28. The number of aliphatic hydroxyl groups excluding tert-OH is 1. The van der Waals surface area contributed by atoms with E-state index in [1.165, 1.54) is 24.3 Å². The van der Waals surface area contributed by atoms with E-state index in [2.05, 4.69) is 5.32 Å². The minimum atomic E-state index is -0.655. The molecule has 0 aromatic heterocycles. The molecular formula is C16H17ClFNO2. The molecule has 5 heteroatoms. The van der Waals surface area contributed by atoms with Crippen LogP contribution >= 0.6 is 11.6 Å². The molecule has 0 saturated carbocycles. The van der Waals surface area contributed by atoms with Gasteiger partial charge in [-0.05, 0) is 35.9 Å². The Labute approximate surface area is 128 Å². The molecule has 0 unspecified atom stereocenters. The van der Waals surface area contributed by atoms with Gasteiger partial charge in [-0.25, -0.2) is 4.39 Å². The number of nitrogens with one attached hydrogen (secondary N) is 1. The van der Waals surface area contributed by atoms with Gasteiger partial charge in [0.25, 0.3) is 0 Å². The highest BCUT2D eigenvalue weighted by atomic mass is 35.5. The summed E-state index contributed by atoms with van der Waals surface area (Å²) in [6.07, 6.45) is -0.655. The van der Waals surface area contributed by atoms with E-state index in [1.54, 1.807) is 0 Å². The molecule has 0 saturated heterocycles. The van der Waals surface area contributed by atoms with Crippen molar-refractivity contribution in [1.29, 1.82) is 0 Å². The Morgan fingerprint density at radius 2 is 1.86 bits per heavy atom. The SMILES string of the molecule is O[C@H](CNCc1ccccc1Cl)COc1ccc(F)cc1. The summed E-state index contributed by atoms with van der Waals surface area (Å²) in [6, 6.07) is 13.2. The van der Waals surface area contributed by atoms with Crippen LogP contribution in [-0.4, -0.2) is 24.4 Å². The van der Waals surface area contributed by atoms with Crippen LogP contribution in [0.1, 0.15) is 5.56 Å². The molecule has 0 aliphatic rings. The van der Waals surface area contributed by atoms with Crippen LogP contribution in [0.25, 0.3) is 0 Å². The molecule has 2 aromatic rings. The Morgan fingerprint density at radius 1 is 1.14 bits per heavy atom. The van der Waals surface area contributed by atoms with Crippen molar-refractivity contribution in [3.8, 4) is 5.75 Å². The van der Waals surface area contributed by atoms with Gasteiger partial charge in [-0.2, -0.15) is 0 Å². The maximum Gasteiger partial charge on any atom is 0.123 e. The topological polar surface area (TPSA) is 41.5 Å². The van der Waals surface area contributed by atoms with Crippen molar-refractivity contribution in [3.63, 3.8) is 0 Å². The summed E-state index contributed by atoms with van der Waals surface area (Å²) in [4.78, 5) is 0. The number of rotatable bonds is 7. The van der Waals surface area contributed by atoms with Gasteiger partial charge in [0.2, 0.25) is 0 Å². The van der Waals surface area contributed by atoms with Crippen molar-refractivity contribution in [2.75, 3.05) is 13.2 Å². The second-order valence-corrected chi connectivity index (χ2v) is 5.05. The van der Waals surface area contributed by atoms with Crippen molar-refractivity contribution >= 4 is 11.6 Å². The standard InChI is InChI=1S/C16H17ClFNO2/c17-16-4-2-1-3-12(16)9-19-10-14(20)11-21-15-7-5-13(18)6-8-15/h1-8,14,19-20H,9-11H2/t14-/m1/s1. The lowest BCUT2D eigenvalue weighted by atomic mass is 10.2. The van der Waals surface area contributed by atoms with Crippen LogP contribution in [0, 0.1) is 5.82 Å². The highest BCUT2D eigenvalue weighted by Gasteiger charge is 2.06. The summed E-state index contributed by atoms with van der Waals surface area (Å²) in [5, 5.41) is 13.6. The van der Waals surface area contributed by atoms with E-state index in [0.717, 1.165) is 5.56 Å². The molecule has 0 spiro atoms. The van der Waals surface area contributed by atoms with Crippen molar-refractivity contribution in [3.05, 3.63) is 64.9 Å². The van der Waals surface area contributed by atoms with Crippen LogP contribution < -0.4 is 10.1 Å². The van der Waals surface area contributed by atoms with Gasteiger partial charge in [0.1, 0.15) is 24.3 Å². The van der Waals surface area contributed by atoms with E-state index >= 15 is 0 Å². The van der Waals surface area contributed by atoms with Crippen LogP contribution in [0.5, 0.6) is 5.75 Å². The monoisotopic (exact) mass is 309 g/mol. The molecule has 0 aliphatic heterocycles. The van der Waals surface area contributed by atoms with Crippen LogP contribution in [0.2, 0.25) is 5.02 Å². The summed E-state index contributed by atoms with van der Waals surface area (Å²) in [5.41, 5.74) is 0.978. The van der Waals surface area contributed by atoms with Crippen LogP contribution in [-0.2, 0) is 6.54 Å². The smallest absolute Gasteiger partial charge is 0.123 e. The largest absolute Gasteiger partial charge is 0.491 e. The number of hydrogen-bond donors (Lipinski definition) is 2. The highest BCUT2D eigenvalue weighted by Crippen LogP contribution is 2.14. The van der Waals surface area contributed by atoms with Gasteiger partial charge in [0, 0.05) is 18.1 Å². The summed E-state index contributed by atoms with van der Waals surface area (Å²) >= 11 is 6.04. The number of halogens is 2. The fourth-order valence-electron chi connectivity index (χ4n) is 1.80. The summed E-state index contributed by atoms with van der Waals surface area (Å²) < 4.78 is 18.1. The van der Waals surface area contributed by atoms with E-state index in [0.29, 0.717) is 23.9 Å². The van der Waals surface area contributed by atoms with Crippen molar-refractivity contribution in [1.82, 2.24) is 5.32 Å². The molecule has 2 aromatic carbocycles. The zero-order valence-electron chi connectivity index (χ0n) is 11.4. The lowest BCUT2D eigenvalue weighted by Gasteiger charge is -2.13. The second-order valence-electron chi connectivity index (χ2n) is 4.64. The quantitative estimate of drug-likeness (QED) is 0.826. The molecule has 0 fully saturated rings. The zero-order valence-corrected chi connectivity index (χ0v) is 12.2. The first-order chi connectivity index (χ1) is 10.1. The van der Waals surface area contributed by atoms with E-state index in [4.69, 9.17) is 16.3 Å². The molecule has 0 aliphatic carbocycles. The Kier molecular flexibility index (Phi) is 5.99. The third kappa shape index (κ3) is 5.34. The van der Waals surface area contributed by atoms with Gasteiger partial charge in [0.15, 0.2) is 0 Å². The van der Waals surface area contributed by atoms with Gasteiger partial charge in [-0.1, -0.05) is 29.8 Å². The predicted octanol–water partition coefficient (Wildman–Crippen LogP) is 3.01. The van der Waals surface area contributed by atoms with E-state index in [-0.39, 0.29) is 12.4 Å². The van der Waals surface area contributed by atoms with Gasteiger partial charge >= 0.3 is 0 Å². The lowest BCUT2D eigenvalue weighted by Crippen LogP contribution is -2.31. The fourth-order valence-corrected chi connectivity index (χ4v) is 2.00. The van der Waals surface area contributed by atoms with Gasteiger partial charge in [-0.15, -0.1) is 0 Å². The highest BCUT2D eigenvalue weighted by molar-refractivity contribution is 6.31. The second kappa shape index (κ2) is 7.98. The molecule has 0 bridgehead atoms. The zero-order chi connectivity index (χ0) is 15.1. The fraction of sp³-hybridized carbons (Fsp3) is 0.250. The molecule has 0 amide bonds. The van der Waals surface area contributed by atoms with E-state index < -0.39 is 6.10 Å². The molecule has 0 heterocycles. The predicted molar refractivity (Wildman–Crippen MR) is 81.1 cm³/mol. The molecule has 2 N–H and O–H groups in total. The van der Waals surface area contributed by atoms with Crippen LogP contribution in [0.15, 0.2) is 48.5 Å². The average Bonchev–Trinajstić information content (AvgIpc) is 2.49. The van der Waals surface area contributed by atoms with E-state index in [1.807, 2.05) is 24.3 Å². The van der Waals surface area contributed by atoms with E-state index in [9.17, 15) is 9.50 Å². The number of aliphatic hydroxyl groups is 1. The Balaban J connectivity index is 1.69. The first-order valence-electron chi connectivity index (χ1n) is 6.65. The first kappa shape index (κ1) is 15.8. The molecule has 0 radical (unpaired) electrons. The third-order valence-electron chi connectivity index (χ3n) is 2.91. The van der Waals surface area contributed by atoms with Crippen molar-refractivity contribution in [2.24, 2.45) is 0 Å².